The van der Waals surface area contributed by atoms with Gasteiger partial charge in [-0.1, -0.05) is 60.1 Å². The van der Waals surface area contributed by atoms with E-state index >= 15 is 0 Å². The summed E-state index contributed by atoms with van der Waals surface area (Å²) in [7, 11) is 1.48. The second-order valence-electron chi connectivity index (χ2n) is 16.1. The summed E-state index contributed by atoms with van der Waals surface area (Å²) in [6.45, 7) is 18.5. The first kappa shape index (κ1) is 28.2. The molecule has 0 heterocycles. The van der Waals surface area contributed by atoms with Crippen LogP contribution in [0, 0.1) is 50.2 Å². The molecule has 1 N–H and O–H groups in total. The van der Waals surface area contributed by atoms with Crippen LogP contribution in [0.4, 0.5) is 0 Å². The van der Waals surface area contributed by atoms with E-state index in [-0.39, 0.29) is 45.1 Å². The van der Waals surface area contributed by atoms with Crippen molar-refractivity contribution in [3.63, 3.8) is 0 Å². The Morgan fingerprint density at radius 2 is 1.58 bits per heavy atom. The van der Waals surface area contributed by atoms with Crippen molar-refractivity contribution < 1.29 is 19.5 Å². The summed E-state index contributed by atoms with van der Waals surface area (Å²) in [4.78, 5) is 25.0. The third-order valence-electron chi connectivity index (χ3n) is 13.9. The van der Waals surface area contributed by atoms with E-state index < -0.39 is 5.41 Å². The molecule has 38 heavy (non-hydrogen) atoms. The van der Waals surface area contributed by atoms with Gasteiger partial charge in [0.1, 0.15) is 6.10 Å². The van der Waals surface area contributed by atoms with Gasteiger partial charge in [-0.25, -0.2) is 5.06 Å². The Balaban J connectivity index is 1.52. The summed E-state index contributed by atoms with van der Waals surface area (Å²) >= 11 is 0. The van der Waals surface area contributed by atoms with Crippen molar-refractivity contribution in [3.8, 4) is 0 Å². The van der Waals surface area contributed by atoms with Crippen molar-refractivity contribution in [2.45, 2.75) is 126 Å². The van der Waals surface area contributed by atoms with Gasteiger partial charge in [0.05, 0.1) is 0 Å². The van der Waals surface area contributed by atoms with Crippen LogP contribution in [-0.4, -0.2) is 35.3 Å². The number of carbonyl (C=O) groups is 2. The molecule has 4 fully saturated rings. The lowest BCUT2D eigenvalue weighted by atomic mass is 9.33. The molecule has 0 aromatic rings. The normalized spacial score (nSPS) is 49.4. The van der Waals surface area contributed by atoms with Gasteiger partial charge in [-0.3, -0.25) is 14.8 Å². The lowest BCUT2D eigenvalue weighted by Crippen LogP contribution is -2.64. The van der Waals surface area contributed by atoms with Gasteiger partial charge in [-0.05, 0) is 104 Å². The highest BCUT2D eigenvalue weighted by Gasteiger charge is 2.68. The molecule has 214 valence electrons. The predicted octanol–water partition coefficient (Wildman–Crippen LogP) is 7.57. The molecular weight excluding hydrogens is 474 g/mol. The number of carbonyl (C=O) groups excluding carboxylic acids is 2. The molecule has 9 atom stereocenters. The first-order valence-electron chi connectivity index (χ1n) is 15.3. The van der Waals surface area contributed by atoms with Gasteiger partial charge >= 0.3 is 5.97 Å². The molecule has 4 saturated carbocycles. The van der Waals surface area contributed by atoms with Crippen LogP contribution in [0.2, 0.25) is 0 Å². The monoisotopic (exact) mass is 527 g/mol. The highest BCUT2D eigenvalue weighted by Crippen LogP contribution is 2.75. The van der Waals surface area contributed by atoms with Crippen LogP contribution >= 0.6 is 0 Å². The van der Waals surface area contributed by atoms with Crippen LogP contribution in [0.15, 0.2) is 11.6 Å². The van der Waals surface area contributed by atoms with Crippen molar-refractivity contribution >= 4 is 11.9 Å². The molecule has 0 aromatic carbocycles. The van der Waals surface area contributed by atoms with E-state index in [9.17, 15) is 14.8 Å². The van der Waals surface area contributed by atoms with Crippen molar-refractivity contribution in [1.82, 2.24) is 5.06 Å². The fourth-order valence-electron chi connectivity index (χ4n) is 11.3. The number of nitrogens with zero attached hydrogens (tertiary/aromatic N) is 1. The third kappa shape index (κ3) is 3.65. The maximum atomic E-state index is 13.1. The molecule has 5 aliphatic carbocycles. The Hall–Kier alpha value is -1.36. The van der Waals surface area contributed by atoms with E-state index in [0.717, 1.165) is 43.6 Å². The summed E-state index contributed by atoms with van der Waals surface area (Å²) in [6, 6.07) is 0. The largest absolute Gasteiger partial charge is 0.462 e. The maximum absolute atomic E-state index is 13.1. The van der Waals surface area contributed by atoms with Gasteiger partial charge < -0.3 is 4.74 Å². The van der Waals surface area contributed by atoms with Crippen molar-refractivity contribution in [1.29, 1.82) is 0 Å². The predicted molar refractivity (Wildman–Crippen MR) is 149 cm³/mol. The summed E-state index contributed by atoms with van der Waals surface area (Å²) in [5, 5.41) is 10.9. The number of hydrogen-bond donors (Lipinski definition) is 1. The van der Waals surface area contributed by atoms with E-state index in [4.69, 9.17) is 4.74 Å². The number of rotatable bonds is 2. The summed E-state index contributed by atoms with van der Waals surface area (Å²) in [5.74, 6) is 1.25. The number of esters is 1. The Bertz CT molecular complexity index is 1050. The van der Waals surface area contributed by atoms with Crippen molar-refractivity contribution in [3.05, 3.63) is 11.6 Å². The van der Waals surface area contributed by atoms with Crippen LogP contribution in [0.3, 0.4) is 0 Å². The van der Waals surface area contributed by atoms with E-state index in [1.54, 1.807) is 12.5 Å². The molecule has 5 nitrogen and oxygen atoms in total. The maximum Gasteiger partial charge on any atom is 0.302 e. The van der Waals surface area contributed by atoms with E-state index in [1.165, 1.54) is 32.7 Å². The van der Waals surface area contributed by atoms with Crippen molar-refractivity contribution in [2.75, 3.05) is 7.05 Å². The van der Waals surface area contributed by atoms with Crippen LogP contribution in [0.1, 0.15) is 120 Å². The molecule has 1 amide bonds. The summed E-state index contributed by atoms with van der Waals surface area (Å²) < 4.78 is 5.89. The van der Waals surface area contributed by atoms with Gasteiger partial charge in [0.15, 0.2) is 0 Å². The number of allylic oxidation sites excluding steroid dienone is 2. The fourth-order valence-corrected chi connectivity index (χ4v) is 11.3. The zero-order chi connectivity index (χ0) is 28.1. The third-order valence-corrected chi connectivity index (χ3v) is 13.9. The minimum atomic E-state index is -0.507. The molecule has 0 radical (unpaired) electrons. The molecule has 0 saturated heterocycles. The zero-order valence-electron chi connectivity index (χ0n) is 25.6. The Morgan fingerprint density at radius 3 is 2.21 bits per heavy atom. The molecule has 5 rings (SSSR count). The molecule has 0 aliphatic heterocycles. The smallest absolute Gasteiger partial charge is 0.302 e. The lowest BCUT2D eigenvalue weighted by Gasteiger charge is -2.71. The first-order valence-corrected chi connectivity index (χ1v) is 15.3. The van der Waals surface area contributed by atoms with Gasteiger partial charge in [-0.2, -0.15) is 0 Å². The Morgan fingerprint density at radius 1 is 0.921 bits per heavy atom. The average Bonchev–Trinajstić information content (AvgIpc) is 2.82. The quantitative estimate of drug-likeness (QED) is 0.174. The standard InChI is InChI=1S/C33H53NO4/c1-21(35)38-26-13-14-31(6)24(28(26,2)3)12-15-33(8)25(31)11-10-22-23-20-30(5,27(36)34(9)37)17-16-29(23,4)18-19-32(22,33)7/h10,23-26,37H,11-20H2,1-9H3/t23-,24?,25+,26-,29+,30-,31-,32+,33+/m0/s1. The topological polar surface area (TPSA) is 66.8 Å². The first-order chi connectivity index (χ1) is 17.4. The van der Waals surface area contributed by atoms with Crippen LogP contribution < -0.4 is 0 Å². The van der Waals surface area contributed by atoms with E-state index in [1.807, 2.05) is 0 Å². The molecule has 0 bridgehead atoms. The molecule has 5 aliphatic rings. The number of hydrogen-bond acceptors (Lipinski definition) is 4. The molecule has 5 heteroatoms. The Labute approximate surface area is 231 Å². The van der Waals surface area contributed by atoms with Gasteiger partial charge in [0.25, 0.3) is 5.91 Å². The number of ether oxygens (including phenoxy) is 1. The number of fused-ring (bicyclic) bond motifs is 7. The summed E-state index contributed by atoms with van der Waals surface area (Å²) in [5.41, 5.74) is 1.87. The molecule has 0 aromatic heterocycles. The minimum Gasteiger partial charge on any atom is -0.462 e. The highest BCUT2D eigenvalue weighted by atomic mass is 16.5. The molecule has 0 spiro atoms. The second kappa shape index (κ2) is 8.57. The van der Waals surface area contributed by atoms with Crippen LogP contribution in [-0.2, 0) is 14.3 Å². The fraction of sp³-hybridized carbons (Fsp3) is 0.879. The van der Waals surface area contributed by atoms with Gasteiger partial charge in [0, 0.05) is 24.8 Å². The van der Waals surface area contributed by atoms with Crippen LogP contribution in [0.25, 0.3) is 0 Å². The summed E-state index contributed by atoms with van der Waals surface area (Å²) in [6.07, 6.45) is 13.4. The van der Waals surface area contributed by atoms with E-state index in [0.29, 0.717) is 17.8 Å². The number of amides is 1. The van der Waals surface area contributed by atoms with Gasteiger partial charge in [0.2, 0.25) is 0 Å². The van der Waals surface area contributed by atoms with E-state index in [2.05, 4.69) is 54.5 Å². The second-order valence-corrected chi connectivity index (χ2v) is 16.1. The zero-order valence-corrected chi connectivity index (χ0v) is 25.6. The lowest BCUT2D eigenvalue weighted by molar-refractivity contribution is -0.212. The van der Waals surface area contributed by atoms with Crippen LogP contribution in [0.5, 0.6) is 0 Å². The van der Waals surface area contributed by atoms with Crippen molar-refractivity contribution in [2.24, 2.45) is 50.2 Å². The number of hydroxylamine groups is 2. The van der Waals surface area contributed by atoms with Gasteiger partial charge in [-0.15, -0.1) is 0 Å². The Kier molecular flexibility index (Phi) is 6.36. The molecular formula is C33H53NO4. The average molecular weight is 528 g/mol. The highest BCUT2D eigenvalue weighted by molar-refractivity contribution is 5.81. The molecule has 1 unspecified atom stereocenters. The minimum absolute atomic E-state index is 0.00482. The SMILES string of the molecule is CC(=O)O[C@H]1CC[C@@]2(C)C(CC[C@]3(C)[C@@H]2CC=C2[C@@H]4C[C@@](C)(C(=O)N(C)O)CC[C@]4(C)CC[C@]23C)C1(C)C.